The molecule has 5 aliphatic rings. The summed E-state index contributed by atoms with van der Waals surface area (Å²) >= 11 is 0. The fourth-order valence-electron chi connectivity index (χ4n) is 7.26. The Morgan fingerprint density at radius 1 is 0.711 bits per heavy atom. The second-order valence-electron chi connectivity index (χ2n) is 12.2. The van der Waals surface area contributed by atoms with Crippen LogP contribution in [0.15, 0.2) is 30.3 Å². The Morgan fingerprint density at radius 3 is 2.08 bits per heavy atom. The molecule has 0 aromatic heterocycles. The third-order valence-corrected chi connectivity index (χ3v) is 9.42. The lowest BCUT2D eigenvalue weighted by Gasteiger charge is -2.39. The third kappa shape index (κ3) is 6.14. The number of rotatable bonds is 8. The van der Waals surface area contributed by atoms with Gasteiger partial charge in [0.1, 0.15) is 0 Å². The fraction of sp³-hybridized carbons (Fsp3) is 0.806. The van der Waals surface area contributed by atoms with Crippen LogP contribution in [-0.2, 0) is 39.8 Å². The molecule has 7 nitrogen and oxygen atoms in total. The molecule has 5 aliphatic heterocycles. The highest BCUT2D eigenvalue weighted by molar-refractivity contribution is 5.13. The Morgan fingerprint density at radius 2 is 1.37 bits per heavy atom. The summed E-state index contributed by atoms with van der Waals surface area (Å²) in [5, 5.41) is 0. The maximum atomic E-state index is 6.65. The Hall–Kier alpha value is -1.06. The molecule has 6 rings (SSSR count). The van der Waals surface area contributed by atoms with E-state index in [1.165, 1.54) is 5.56 Å². The molecule has 0 saturated carbocycles. The van der Waals surface area contributed by atoms with Gasteiger partial charge in [0.25, 0.3) is 0 Å². The lowest BCUT2D eigenvalue weighted by molar-refractivity contribution is -0.286. The molecule has 212 valence electrons. The van der Waals surface area contributed by atoms with Gasteiger partial charge in [0.05, 0.1) is 55.9 Å². The van der Waals surface area contributed by atoms with Gasteiger partial charge in [0.2, 0.25) is 0 Å². The first-order chi connectivity index (χ1) is 18.5. The van der Waals surface area contributed by atoms with Crippen LogP contribution in [0.4, 0.5) is 0 Å². The van der Waals surface area contributed by atoms with E-state index in [9.17, 15) is 0 Å². The highest BCUT2D eigenvalue weighted by Crippen LogP contribution is 2.45. The first-order valence-electron chi connectivity index (χ1n) is 15.0. The molecule has 5 saturated heterocycles. The Labute approximate surface area is 227 Å². The highest BCUT2D eigenvalue weighted by Gasteiger charge is 2.50. The van der Waals surface area contributed by atoms with E-state index >= 15 is 0 Å². The predicted molar refractivity (Wildman–Crippen MR) is 142 cm³/mol. The molecule has 0 bridgehead atoms. The van der Waals surface area contributed by atoms with Gasteiger partial charge in [-0.3, -0.25) is 0 Å². The van der Waals surface area contributed by atoms with Crippen molar-refractivity contribution < 1.29 is 33.2 Å². The van der Waals surface area contributed by atoms with Gasteiger partial charge >= 0.3 is 0 Å². The summed E-state index contributed by atoms with van der Waals surface area (Å²) in [5.41, 5.74) is 1.19. The zero-order chi connectivity index (χ0) is 26.0. The summed E-state index contributed by atoms with van der Waals surface area (Å²) in [4.78, 5) is 0. The standard InChI is InChI=1S/C31H46O7/c1-30(32-2)17-7-11-28(37-30)26-14-12-24(34-26)25-13-15-27(35-25)29-16-19-31(38-29)18-6-10-23(36-31)21-33-20-22-8-4-3-5-9-22/h3-5,8-9,23-29H,6-7,10-21H2,1-2H3/t23-,24+,25-,26+,27+,28-,29-,30-,31+/m0/s1. The Kier molecular flexibility index (Phi) is 8.43. The smallest absolute Gasteiger partial charge is 0.169 e. The zero-order valence-corrected chi connectivity index (χ0v) is 23.2. The molecule has 0 unspecified atom stereocenters. The number of hydrogen-bond acceptors (Lipinski definition) is 7. The molecule has 1 spiro atoms. The quantitative estimate of drug-likeness (QED) is 0.429. The van der Waals surface area contributed by atoms with Crippen molar-refractivity contribution in [3.05, 3.63) is 35.9 Å². The average molecular weight is 531 g/mol. The lowest BCUT2D eigenvalue weighted by Crippen LogP contribution is -2.45. The molecule has 7 heteroatoms. The maximum Gasteiger partial charge on any atom is 0.169 e. The average Bonchev–Trinajstić information content (AvgIpc) is 3.70. The van der Waals surface area contributed by atoms with Crippen molar-refractivity contribution in [2.75, 3.05) is 13.7 Å². The molecular weight excluding hydrogens is 484 g/mol. The molecule has 0 aliphatic carbocycles. The van der Waals surface area contributed by atoms with E-state index in [0.29, 0.717) is 13.2 Å². The van der Waals surface area contributed by atoms with Gasteiger partial charge < -0.3 is 33.2 Å². The van der Waals surface area contributed by atoms with Crippen LogP contribution in [0.3, 0.4) is 0 Å². The van der Waals surface area contributed by atoms with Gasteiger partial charge in [0, 0.05) is 26.4 Å². The maximum absolute atomic E-state index is 6.65. The first-order valence-corrected chi connectivity index (χ1v) is 15.0. The van der Waals surface area contributed by atoms with Crippen LogP contribution in [0.5, 0.6) is 0 Å². The van der Waals surface area contributed by atoms with Crippen LogP contribution >= 0.6 is 0 Å². The second kappa shape index (κ2) is 11.8. The van der Waals surface area contributed by atoms with Gasteiger partial charge in [0.15, 0.2) is 11.6 Å². The number of hydrogen-bond donors (Lipinski definition) is 0. The van der Waals surface area contributed by atoms with Gasteiger partial charge in [-0.05, 0) is 70.3 Å². The van der Waals surface area contributed by atoms with Crippen molar-refractivity contribution in [3.63, 3.8) is 0 Å². The van der Waals surface area contributed by atoms with Crippen LogP contribution in [0, 0.1) is 0 Å². The van der Waals surface area contributed by atoms with Gasteiger partial charge in [-0.2, -0.15) is 0 Å². The van der Waals surface area contributed by atoms with E-state index in [-0.39, 0.29) is 42.7 Å². The van der Waals surface area contributed by atoms with Crippen molar-refractivity contribution in [1.29, 1.82) is 0 Å². The highest BCUT2D eigenvalue weighted by atomic mass is 16.7. The molecule has 0 N–H and O–H groups in total. The van der Waals surface area contributed by atoms with Crippen molar-refractivity contribution in [2.24, 2.45) is 0 Å². The van der Waals surface area contributed by atoms with Crippen LogP contribution in [0.2, 0.25) is 0 Å². The summed E-state index contributed by atoms with van der Waals surface area (Å²) in [6.07, 6.45) is 13.1. The van der Waals surface area contributed by atoms with E-state index in [1.54, 1.807) is 7.11 Å². The van der Waals surface area contributed by atoms with Crippen LogP contribution in [0.1, 0.15) is 89.5 Å². The van der Waals surface area contributed by atoms with E-state index in [1.807, 2.05) is 25.1 Å². The molecule has 0 amide bonds. The van der Waals surface area contributed by atoms with Gasteiger partial charge in [-0.25, -0.2) is 0 Å². The summed E-state index contributed by atoms with van der Waals surface area (Å²) < 4.78 is 44.3. The van der Waals surface area contributed by atoms with E-state index in [2.05, 4.69) is 12.1 Å². The third-order valence-electron chi connectivity index (χ3n) is 9.42. The van der Waals surface area contributed by atoms with Crippen LogP contribution in [-0.4, -0.2) is 68.0 Å². The zero-order valence-electron chi connectivity index (χ0n) is 23.2. The number of methoxy groups -OCH3 is 1. The minimum Gasteiger partial charge on any atom is -0.374 e. The summed E-state index contributed by atoms with van der Waals surface area (Å²) in [7, 11) is 1.74. The van der Waals surface area contributed by atoms with Crippen molar-refractivity contribution in [3.8, 4) is 0 Å². The summed E-state index contributed by atoms with van der Waals surface area (Å²) in [5.74, 6) is -0.949. The molecule has 38 heavy (non-hydrogen) atoms. The summed E-state index contributed by atoms with van der Waals surface area (Å²) in [6.45, 7) is 3.28. The number of ether oxygens (including phenoxy) is 7. The van der Waals surface area contributed by atoms with Crippen molar-refractivity contribution >= 4 is 0 Å². The van der Waals surface area contributed by atoms with Gasteiger partial charge in [-0.1, -0.05) is 30.3 Å². The summed E-state index contributed by atoms with van der Waals surface area (Å²) in [6, 6.07) is 10.3. The van der Waals surface area contributed by atoms with E-state index in [4.69, 9.17) is 33.2 Å². The molecule has 0 radical (unpaired) electrons. The second-order valence-corrected chi connectivity index (χ2v) is 12.2. The molecule has 5 fully saturated rings. The van der Waals surface area contributed by atoms with E-state index in [0.717, 1.165) is 77.0 Å². The van der Waals surface area contributed by atoms with Crippen molar-refractivity contribution in [1.82, 2.24) is 0 Å². The normalized spacial score (nSPS) is 43.7. The minimum atomic E-state index is -0.483. The fourth-order valence-corrected chi connectivity index (χ4v) is 7.26. The molecule has 9 atom stereocenters. The number of benzene rings is 1. The molecular formula is C31H46O7. The molecule has 1 aromatic rings. The first kappa shape index (κ1) is 27.1. The Balaban J connectivity index is 0.956. The minimum absolute atomic E-state index is 0.0919. The lowest BCUT2D eigenvalue weighted by atomic mass is 9.97. The van der Waals surface area contributed by atoms with Crippen molar-refractivity contribution in [2.45, 2.75) is 145 Å². The largest absolute Gasteiger partial charge is 0.374 e. The monoisotopic (exact) mass is 530 g/mol. The van der Waals surface area contributed by atoms with E-state index < -0.39 is 11.6 Å². The molecule has 1 aromatic carbocycles. The predicted octanol–water partition coefficient (Wildman–Crippen LogP) is 5.67. The van der Waals surface area contributed by atoms with Gasteiger partial charge in [-0.15, -0.1) is 0 Å². The topological polar surface area (TPSA) is 64.6 Å². The van der Waals surface area contributed by atoms with Crippen LogP contribution in [0.25, 0.3) is 0 Å². The SMILES string of the molecule is CO[C@]1(C)CCC[C@@H]([C@H]2CC[C@H]([C@@H]3CC[C@H]([C@@H]4CC[C@@]5(CCC[C@@H](COCc6ccccc6)O5)O4)O3)O2)O1. The molecule has 5 heterocycles. The Bertz CT molecular complexity index is 897. The van der Waals surface area contributed by atoms with Crippen LogP contribution < -0.4 is 0 Å².